The van der Waals surface area contributed by atoms with Crippen LogP contribution < -0.4 is 0 Å². The molecule has 5 heteroatoms. The maximum absolute atomic E-state index is 11.4. The molecule has 2 rings (SSSR count). The minimum atomic E-state index is -0.0551. The molecule has 1 aromatic heterocycles. The molecule has 0 atom stereocenters. The fourth-order valence-corrected chi connectivity index (χ4v) is 2.10. The van der Waals surface area contributed by atoms with Crippen molar-refractivity contribution in [2.75, 3.05) is 0 Å². The van der Waals surface area contributed by atoms with E-state index >= 15 is 0 Å². The Hall–Kier alpha value is -1.98. The number of fused-ring (bicyclic) bond motifs is 1. The van der Waals surface area contributed by atoms with E-state index in [2.05, 4.69) is 4.98 Å². The predicted octanol–water partition coefficient (Wildman–Crippen LogP) is 1.53. The average molecular weight is 201 g/mol. The first-order valence-electron chi connectivity index (χ1n) is 3.78. The summed E-state index contributed by atoms with van der Waals surface area (Å²) in [4.78, 5) is 15.9. The molecule has 0 bridgehead atoms. The summed E-state index contributed by atoms with van der Waals surface area (Å²) in [6, 6.07) is 3.55. The highest BCUT2D eigenvalue weighted by atomic mass is 32.1. The molecular weight excluding hydrogens is 198 g/mol. The van der Waals surface area contributed by atoms with Crippen LogP contribution in [0.4, 0.5) is 0 Å². The molecule has 1 heterocycles. The van der Waals surface area contributed by atoms with Gasteiger partial charge in [0.1, 0.15) is 17.7 Å². The van der Waals surface area contributed by atoms with Gasteiger partial charge >= 0.3 is 0 Å². The van der Waals surface area contributed by atoms with Crippen LogP contribution in [0.2, 0.25) is 0 Å². The van der Waals surface area contributed by atoms with Crippen LogP contribution in [0.5, 0.6) is 0 Å². The lowest BCUT2D eigenvalue weighted by molar-refractivity contribution is 0.101. The van der Waals surface area contributed by atoms with Gasteiger partial charge in [0.15, 0.2) is 5.78 Å². The smallest absolute Gasteiger partial charge is 0.179 e. The summed E-state index contributed by atoms with van der Waals surface area (Å²) < 4.78 is 0. The third-order valence-corrected chi connectivity index (χ3v) is 2.84. The Kier molecular flexibility index (Phi) is 1.88. The Morgan fingerprint density at radius 2 is 2.21 bits per heavy atom. The molecule has 0 amide bonds. The van der Waals surface area contributed by atoms with E-state index in [-0.39, 0.29) is 17.8 Å². The molecule has 0 saturated heterocycles. The summed E-state index contributed by atoms with van der Waals surface area (Å²) in [5, 5.41) is 17.3. The maximum Gasteiger partial charge on any atom is 0.179 e. The first-order valence-corrected chi connectivity index (χ1v) is 4.66. The lowest BCUT2D eigenvalue weighted by Gasteiger charge is -1.91. The van der Waals surface area contributed by atoms with Crippen molar-refractivity contribution in [3.8, 4) is 12.1 Å². The largest absolute Gasteiger partial charge is 0.293 e. The normalized spacial score (nSPS) is 13.3. The number of Topliss-reactive ketones (excluding diaryl/α,β-unsaturated/α-hetero) is 1. The van der Waals surface area contributed by atoms with E-state index in [4.69, 9.17) is 10.5 Å². The highest BCUT2D eigenvalue weighted by Gasteiger charge is 2.29. The second-order valence-corrected chi connectivity index (χ2v) is 3.56. The van der Waals surface area contributed by atoms with E-state index in [1.165, 1.54) is 11.3 Å². The molecule has 0 unspecified atom stereocenters. The fraction of sp³-hybridized carbons (Fsp3) is 0.111. The van der Waals surface area contributed by atoms with Crippen molar-refractivity contribution >= 4 is 22.7 Å². The van der Waals surface area contributed by atoms with Crippen LogP contribution in [0.1, 0.15) is 21.8 Å². The summed E-state index contributed by atoms with van der Waals surface area (Å²) in [5.41, 5.74) is 2.52. The van der Waals surface area contributed by atoms with Crippen LogP contribution in [0.25, 0.3) is 5.57 Å². The van der Waals surface area contributed by atoms with Gasteiger partial charge in [-0.15, -0.1) is 11.3 Å². The van der Waals surface area contributed by atoms with Crippen LogP contribution in [0, 0.1) is 22.7 Å². The molecular formula is C9H3N3OS. The number of carbonyl (C=O) groups is 1. The minimum absolute atomic E-state index is 0.0111. The number of ketones is 1. The lowest BCUT2D eigenvalue weighted by atomic mass is 10.1. The molecule has 1 aliphatic rings. The Labute approximate surface area is 83.7 Å². The van der Waals surface area contributed by atoms with Crippen LogP contribution in [-0.2, 0) is 0 Å². The number of hydrogen-bond donors (Lipinski definition) is 0. The van der Waals surface area contributed by atoms with Gasteiger partial charge in [-0.25, -0.2) is 4.98 Å². The maximum atomic E-state index is 11.4. The van der Waals surface area contributed by atoms with E-state index in [0.717, 1.165) is 0 Å². The van der Waals surface area contributed by atoms with Crippen molar-refractivity contribution in [3.05, 3.63) is 21.7 Å². The Bertz CT molecular complexity index is 511. The van der Waals surface area contributed by atoms with Gasteiger partial charge in [0.2, 0.25) is 0 Å². The number of allylic oxidation sites excluding steroid dienone is 2. The van der Waals surface area contributed by atoms with E-state index in [1.54, 1.807) is 17.6 Å². The topological polar surface area (TPSA) is 77.5 Å². The SMILES string of the molecule is N#CC(C#N)=C1CC(=O)c2scnc21. The molecule has 66 valence electrons. The first kappa shape index (κ1) is 8.61. The Morgan fingerprint density at radius 1 is 1.50 bits per heavy atom. The average Bonchev–Trinajstić information content (AvgIpc) is 2.74. The number of aromatic nitrogens is 1. The van der Waals surface area contributed by atoms with Gasteiger partial charge in [0, 0.05) is 12.0 Å². The molecule has 0 aliphatic heterocycles. The van der Waals surface area contributed by atoms with E-state index < -0.39 is 0 Å². The molecule has 1 aliphatic carbocycles. The van der Waals surface area contributed by atoms with Crippen LogP contribution in [-0.4, -0.2) is 10.8 Å². The van der Waals surface area contributed by atoms with Crippen molar-refractivity contribution in [2.24, 2.45) is 0 Å². The van der Waals surface area contributed by atoms with Gasteiger partial charge in [0.05, 0.1) is 16.1 Å². The third kappa shape index (κ3) is 1.04. The lowest BCUT2D eigenvalue weighted by Crippen LogP contribution is -1.87. The van der Waals surface area contributed by atoms with Gasteiger partial charge in [-0.3, -0.25) is 4.79 Å². The standard InChI is InChI=1S/C9H3N3OS/c10-2-5(3-11)6-1-7(13)9-8(6)12-4-14-9/h4H,1H2. The van der Waals surface area contributed by atoms with Crippen molar-refractivity contribution in [1.29, 1.82) is 10.5 Å². The third-order valence-electron chi connectivity index (χ3n) is 1.97. The Balaban J connectivity index is 2.68. The molecule has 0 radical (unpaired) electrons. The molecule has 4 nitrogen and oxygen atoms in total. The molecule has 0 N–H and O–H groups in total. The highest BCUT2D eigenvalue weighted by molar-refractivity contribution is 7.12. The summed E-state index contributed by atoms with van der Waals surface area (Å²) in [6.07, 6.45) is 0.130. The second-order valence-electron chi connectivity index (χ2n) is 2.71. The number of nitriles is 2. The quantitative estimate of drug-likeness (QED) is 0.596. The molecule has 0 aromatic carbocycles. The molecule has 0 saturated carbocycles. The summed E-state index contributed by atoms with van der Waals surface area (Å²) >= 11 is 1.25. The highest BCUT2D eigenvalue weighted by Crippen LogP contribution is 2.35. The van der Waals surface area contributed by atoms with Gasteiger partial charge in [-0.1, -0.05) is 0 Å². The molecule has 0 fully saturated rings. The summed E-state index contributed by atoms with van der Waals surface area (Å²) in [6.45, 7) is 0. The predicted molar refractivity (Wildman–Crippen MR) is 49.2 cm³/mol. The monoisotopic (exact) mass is 201 g/mol. The summed E-state index contributed by atoms with van der Waals surface area (Å²) in [7, 11) is 0. The van der Waals surface area contributed by atoms with Gasteiger partial charge in [-0.2, -0.15) is 10.5 Å². The van der Waals surface area contributed by atoms with Gasteiger partial charge < -0.3 is 0 Å². The zero-order valence-corrected chi connectivity index (χ0v) is 7.76. The minimum Gasteiger partial charge on any atom is -0.293 e. The van der Waals surface area contributed by atoms with Crippen molar-refractivity contribution in [1.82, 2.24) is 4.98 Å². The van der Waals surface area contributed by atoms with Crippen molar-refractivity contribution in [2.45, 2.75) is 6.42 Å². The fourth-order valence-electron chi connectivity index (χ4n) is 1.35. The number of hydrogen-bond acceptors (Lipinski definition) is 5. The second kappa shape index (κ2) is 3.06. The zero-order valence-electron chi connectivity index (χ0n) is 6.94. The molecule has 1 aromatic rings. The van der Waals surface area contributed by atoms with Gasteiger partial charge in [0.25, 0.3) is 0 Å². The van der Waals surface area contributed by atoms with Crippen LogP contribution >= 0.6 is 11.3 Å². The van der Waals surface area contributed by atoms with E-state index in [1.807, 2.05) is 0 Å². The van der Waals surface area contributed by atoms with Crippen molar-refractivity contribution in [3.63, 3.8) is 0 Å². The molecule has 14 heavy (non-hydrogen) atoms. The van der Waals surface area contributed by atoms with Gasteiger partial charge in [-0.05, 0) is 0 Å². The van der Waals surface area contributed by atoms with E-state index in [9.17, 15) is 4.79 Å². The number of thiazole rings is 1. The number of rotatable bonds is 0. The van der Waals surface area contributed by atoms with E-state index in [0.29, 0.717) is 16.1 Å². The van der Waals surface area contributed by atoms with Crippen LogP contribution in [0.15, 0.2) is 11.1 Å². The van der Waals surface area contributed by atoms with Crippen molar-refractivity contribution < 1.29 is 4.79 Å². The number of nitrogens with zero attached hydrogens (tertiary/aromatic N) is 3. The van der Waals surface area contributed by atoms with Crippen LogP contribution in [0.3, 0.4) is 0 Å². The zero-order chi connectivity index (χ0) is 10.1. The molecule has 0 spiro atoms. The first-order chi connectivity index (χ1) is 6.77. The number of carbonyl (C=O) groups excluding carboxylic acids is 1. The summed E-state index contributed by atoms with van der Waals surface area (Å²) in [5.74, 6) is -0.0551. The Morgan fingerprint density at radius 3 is 2.86 bits per heavy atom.